The molecule has 4 aliphatic heterocycles. The smallest absolute Gasteiger partial charge is 0.231 e. The molecule has 0 bridgehead atoms. The third-order valence-corrected chi connectivity index (χ3v) is 15.8. The second kappa shape index (κ2) is 13.6. The van der Waals surface area contributed by atoms with Gasteiger partial charge in [0.15, 0.2) is 0 Å². The number of nitrogens with zero attached hydrogens (tertiary/aromatic N) is 2. The molecule has 0 amide bonds. The van der Waals surface area contributed by atoms with Crippen molar-refractivity contribution in [1.29, 1.82) is 0 Å². The zero-order valence-electron chi connectivity index (χ0n) is 36.8. The second-order valence-electron chi connectivity index (χ2n) is 19.0. The summed E-state index contributed by atoms with van der Waals surface area (Å²) < 4.78 is 14.8. The fourth-order valence-corrected chi connectivity index (χ4v) is 13.3. The summed E-state index contributed by atoms with van der Waals surface area (Å²) in [4.78, 5) is 4.65. The second-order valence-corrected chi connectivity index (χ2v) is 19.0. The number of benzene rings is 10. The van der Waals surface area contributed by atoms with Crippen LogP contribution >= 0.6 is 0 Å². The van der Waals surface area contributed by atoms with Gasteiger partial charge in [-0.1, -0.05) is 133 Å². The van der Waals surface area contributed by atoms with E-state index in [9.17, 15) is 0 Å². The van der Waals surface area contributed by atoms with Crippen molar-refractivity contribution in [2.75, 3.05) is 9.80 Å². The Morgan fingerprint density at radius 1 is 0.309 bits per heavy atom. The number of ether oxygens (including phenoxy) is 2. The largest absolute Gasteiger partial charge is 0.458 e. The number of para-hydroxylation sites is 4. The number of hydrogen-bond donors (Lipinski definition) is 0. The van der Waals surface area contributed by atoms with E-state index in [2.05, 4.69) is 228 Å². The first-order valence-electron chi connectivity index (χ1n) is 23.8. The Bertz CT molecular complexity index is 3470. The maximum absolute atomic E-state index is 7.41. The average molecular weight is 865 g/mol. The predicted octanol–water partition coefficient (Wildman–Crippen LogP) is 13.1. The van der Waals surface area contributed by atoms with E-state index in [-0.39, 0.29) is 25.1 Å². The molecule has 4 nitrogen and oxygen atoms in total. The summed E-state index contributed by atoms with van der Waals surface area (Å²) in [6, 6.07) is 79.6. The maximum atomic E-state index is 7.41. The molecule has 4 heterocycles. The van der Waals surface area contributed by atoms with Crippen LogP contribution in [0.3, 0.4) is 0 Å². The van der Waals surface area contributed by atoms with Crippen LogP contribution in [0.25, 0.3) is 33.4 Å². The lowest BCUT2D eigenvalue weighted by molar-refractivity contribution is 0.465. The monoisotopic (exact) mass is 864 g/mol. The molecular weight excluding hydrogens is 826 g/mol. The van der Waals surface area contributed by atoms with E-state index in [0.717, 1.165) is 57.1 Å². The van der Waals surface area contributed by atoms with Gasteiger partial charge in [-0.15, -0.1) is 0 Å². The van der Waals surface area contributed by atoms with Crippen LogP contribution in [0.15, 0.2) is 218 Å². The van der Waals surface area contributed by atoms with Crippen LogP contribution in [0.4, 0.5) is 34.1 Å². The molecule has 16 rings (SSSR count). The average Bonchev–Trinajstić information content (AvgIpc) is 3.91. The van der Waals surface area contributed by atoms with E-state index in [1.54, 1.807) is 0 Å². The van der Waals surface area contributed by atoms with Gasteiger partial charge in [0.25, 0.3) is 0 Å². The van der Waals surface area contributed by atoms with Crippen LogP contribution in [-0.2, 0) is 0 Å². The van der Waals surface area contributed by atoms with Crippen LogP contribution in [-0.4, -0.2) is 13.4 Å². The van der Waals surface area contributed by atoms with Gasteiger partial charge in [0, 0.05) is 52.3 Å². The third-order valence-electron chi connectivity index (χ3n) is 15.8. The number of hydrogen-bond acceptors (Lipinski definition) is 4. The zero-order chi connectivity index (χ0) is 44.2. The predicted molar refractivity (Wildman–Crippen MR) is 279 cm³/mol. The molecule has 6 aliphatic rings. The van der Waals surface area contributed by atoms with Gasteiger partial charge in [-0.05, 0) is 156 Å². The first-order chi connectivity index (χ1) is 33.8. The fraction of sp³-hybridized carbons (Fsp3) is 0.0323. The first-order valence-corrected chi connectivity index (χ1v) is 23.8. The van der Waals surface area contributed by atoms with E-state index in [0.29, 0.717) is 0 Å². The summed E-state index contributed by atoms with van der Waals surface area (Å²) in [5, 5.41) is 0. The fourth-order valence-electron chi connectivity index (χ4n) is 13.3. The quantitative estimate of drug-likeness (QED) is 0.156. The lowest BCUT2D eigenvalue weighted by atomic mass is 9.23. The highest BCUT2D eigenvalue weighted by molar-refractivity contribution is 6.95. The number of fused-ring (bicyclic) bond motifs is 12. The van der Waals surface area contributed by atoms with Crippen molar-refractivity contribution in [1.82, 2.24) is 0 Å². The molecule has 0 spiro atoms. The molecule has 0 radical (unpaired) electrons. The van der Waals surface area contributed by atoms with Crippen LogP contribution in [0.2, 0.25) is 0 Å². The molecule has 314 valence electrons. The van der Waals surface area contributed by atoms with Crippen LogP contribution in [0, 0.1) is 0 Å². The van der Waals surface area contributed by atoms with Crippen molar-refractivity contribution < 1.29 is 9.47 Å². The summed E-state index contributed by atoms with van der Waals surface area (Å²) in [6.45, 7) is 0.0704. The normalized spacial score (nSPS) is 15.8. The van der Waals surface area contributed by atoms with Gasteiger partial charge in [0.05, 0.1) is 0 Å². The molecule has 6 heteroatoms. The van der Waals surface area contributed by atoms with Gasteiger partial charge in [-0.2, -0.15) is 0 Å². The van der Waals surface area contributed by atoms with Gasteiger partial charge >= 0.3 is 0 Å². The molecule has 2 unspecified atom stereocenters. The highest BCUT2D eigenvalue weighted by atomic mass is 16.5. The molecule has 0 N–H and O–H groups in total. The molecule has 0 saturated heterocycles. The lowest BCUT2D eigenvalue weighted by Crippen LogP contribution is -2.60. The Kier molecular flexibility index (Phi) is 7.32. The minimum Gasteiger partial charge on any atom is -0.458 e. The molecule has 2 atom stereocenters. The molecule has 0 saturated carbocycles. The van der Waals surface area contributed by atoms with Gasteiger partial charge < -0.3 is 19.3 Å². The van der Waals surface area contributed by atoms with Gasteiger partial charge in [-0.25, -0.2) is 0 Å². The Labute approximate surface area is 395 Å². The molecule has 2 aliphatic carbocycles. The van der Waals surface area contributed by atoms with Crippen molar-refractivity contribution in [2.45, 2.75) is 11.6 Å². The SMILES string of the molecule is c1ccc(N(c2ccccc2)c2ccc3c(c2)Oc2cc4c5c6c2B3C2c3ccccc3-c3cc7c(c-6c32)C(B5c2ccc(N(c3ccccc3)c3ccccc3)cc2O4)c2ccccc2-7)cc1. The van der Waals surface area contributed by atoms with E-state index < -0.39 is 0 Å². The van der Waals surface area contributed by atoms with Crippen molar-refractivity contribution >= 4 is 69.4 Å². The molecule has 0 fully saturated rings. The molecule has 10 aromatic rings. The van der Waals surface area contributed by atoms with E-state index in [1.165, 1.54) is 77.5 Å². The van der Waals surface area contributed by atoms with Crippen molar-refractivity contribution in [3.8, 4) is 56.4 Å². The number of rotatable bonds is 6. The van der Waals surface area contributed by atoms with E-state index in [1.807, 2.05) is 0 Å². The summed E-state index contributed by atoms with van der Waals surface area (Å²) in [7, 11) is 0. The van der Waals surface area contributed by atoms with Crippen molar-refractivity contribution in [3.05, 3.63) is 241 Å². The minimum atomic E-state index is 0.0352. The Morgan fingerprint density at radius 3 is 1.10 bits per heavy atom. The highest BCUT2D eigenvalue weighted by Gasteiger charge is 2.57. The summed E-state index contributed by atoms with van der Waals surface area (Å²) in [5.41, 5.74) is 25.4. The van der Waals surface area contributed by atoms with Crippen LogP contribution < -0.4 is 41.1 Å². The van der Waals surface area contributed by atoms with Crippen molar-refractivity contribution in [3.63, 3.8) is 0 Å². The van der Waals surface area contributed by atoms with E-state index in [4.69, 9.17) is 9.47 Å². The van der Waals surface area contributed by atoms with Crippen LogP contribution in [0.5, 0.6) is 23.0 Å². The van der Waals surface area contributed by atoms with Gasteiger partial charge in [0.2, 0.25) is 13.4 Å². The minimum absolute atomic E-state index is 0.0352. The van der Waals surface area contributed by atoms with Gasteiger partial charge in [-0.3, -0.25) is 0 Å². The number of anilines is 6. The first kappa shape index (κ1) is 36.7. The summed E-state index contributed by atoms with van der Waals surface area (Å²) in [5.74, 6) is 3.79. The molecule has 10 aromatic carbocycles. The molecular formula is C62H38B2N2O2. The Hall–Kier alpha value is -8.47. The third kappa shape index (κ3) is 4.81. The summed E-state index contributed by atoms with van der Waals surface area (Å²) in [6.07, 6.45) is 0. The topological polar surface area (TPSA) is 24.9 Å². The van der Waals surface area contributed by atoms with Crippen LogP contribution in [0.1, 0.15) is 33.9 Å². The molecule has 68 heavy (non-hydrogen) atoms. The lowest BCUT2D eigenvalue weighted by Gasteiger charge is -2.45. The summed E-state index contributed by atoms with van der Waals surface area (Å²) >= 11 is 0. The Morgan fingerprint density at radius 2 is 0.691 bits per heavy atom. The standard InChI is InChI=1S/C62H38B2N2O2/c1-5-17-37(18-6-1)65(38-19-7-2-8-20-38)41-29-31-49-51(33-41)67-53-36-54-62-58-57-55-47(43-25-13-15-27-45(43)59(55)63(49)61(53)58)35-48-44-26-14-16-28-46(44)60(56(48)57)64(62)50-32-30-42(34-52(50)68-54)66(39-21-9-3-10-22-39)40-23-11-4-12-24-40/h1-36,59-60H. The Balaban J connectivity index is 0.953. The van der Waals surface area contributed by atoms with E-state index >= 15 is 0 Å². The highest BCUT2D eigenvalue weighted by Crippen LogP contribution is 2.63. The molecule has 0 aromatic heterocycles. The van der Waals surface area contributed by atoms with Gasteiger partial charge in [0.1, 0.15) is 23.0 Å². The maximum Gasteiger partial charge on any atom is 0.231 e. The van der Waals surface area contributed by atoms with Crippen molar-refractivity contribution in [2.24, 2.45) is 0 Å². The zero-order valence-corrected chi connectivity index (χ0v) is 36.8.